The molecule has 0 aromatic rings. The molecule has 1 aliphatic carbocycles. The molecule has 1 N–H and O–H groups in total. The van der Waals surface area contributed by atoms with Crippen LogP contribution < -0.4 is 5.32 Å². The van der Waals surface area contributed by atoms with Crippen molar-refractivity contribution in [1.82, 2.24) is 5.32 Å². The van der Waals surface area contributed by atoms with Crippen molar-refractivity contribution < 1.29 is 0 Å². The van der Waals surface area contributed by atoms with Crippen LogP contribution in [0, 0.1) is 23.7 Å². The van der Waals surface area contributed by atoms with Crippen molar-refractivity contribution in [2.45, 2.75) is 85.6 Å². The third kappa shape index (κ3) is 5.85. The maximum Gasteiger partial charge on any atom is 0.00966 e. The maximum atomic E-state index is 3.75. The summed E-state index contributed by atoms with van der Waals surface area (Å²) in [5.41, 5.74) is 0.264. The van der Waals surface area contributed by atoms with Gasteiger partial charge in [0.2, 0.25) is 0 Å². The molecule has 0 aromatic heterocycles. The first-order chi connectivity index (χ1) is 8.87. The topological polar surface area (TPSA) is 12.0 Å². The summed E-state index contributed by atoms with van der Waals surface area (Å²) >= 11 is 0. The Morgan fingerprint density at radius 3 is 2.37 bits per heavy atom. The van der Waals surface area contributed by atoms with Crippen LogP contribution in [0.2, 0.25) is 0 Å². The van der Waals surface area contributed by atoms with Gasteiger partial charge in [0.25, 0.3) is 0 Å². The van der Waals surface area contributed by atoms with E-state index in [2.05, 4.69) is 46.9 Å². The van der Waals surface area contributed by atoms with Crippen molar-refractivity contribution in [2.75, 3.05) is 6.54 Å². The molecule has 1 heteroatoms. The first-order valence-electron chi connectivity index (χ1n) is 8.62. The molecule has 1 saturated carbocycles. The lowest BCUT2D eigenvalue weighted by atomic mass is 9.67. The highest BCUT2D eigenvalue weighted by Gasteiger charge is 2.33. The highest BCUT2D eigenvalue weighted by atomic mass is 14.9. The molecule has 4 atom stereocenters. The van der Waals surface area contributed by atoms with E-state index < -0.39 is 0 Å². The molecule has 0 aromatic carbocycles. The van der Waals surface area contributed by atoms with Gasteiger partial charge < -0.3 is 5.32 Å². The van der Waals surface area contributed by atoms with E-state index in [9.17, 15) is 0 Å². The normalized spacial score (nSPS) is 30.3. The summed E-state index contributed by atoms with van der Waals surface area (Å²) in [5.74, 6) is 3.76. The van der Waals surface area contributed by atoms with Crippen LogP contribution in [0.15, 0.2) is 0 Å². The lowest BCUT2D eigenvalue weighted by molar-refractivity contribution is 0.113. The van der Waals surface area contributed by atoms with Gasteiger partial charge in [-0.2, -0.15) is 0 Å². The van der Waals surface area contributed by atoms with Gasteiger partial charge in [-0.15, -0.1) is 0 Å². The van der Waals surface area contributed by atoms with Crippen LogP contribution in [0.3, 0.4) is 0 Å². The fraction of sp³-hybridized carbons (Fsp3) is 1.00. The van der Waals surface area contributed by atoms with Crippen LogP contribution in [0.5, 0.6) is 0 Å². The SMILES string of the molecule is CCCC1CCC(CNC(C)(C)C)C(C(C)CC)C1. The zero-order valence-electron chi connectivity index (χ0n) is 14.3. The van der Waals surface area contributed by atoms with Gasteiger partial charge >= 0.3 is 0 Å². The van der Waals surface area contributed by atoms with Gasteiger partial charge in [0.1, 0.15) is 0 Å². The van der Waals surface area contributed by atoms with Crippen molar-refractivity contribution in [2.24, 2.45) is 23.7 Å². The molecule has 1 nitrogen and oxygen atoms in total. The standard InChI is InChI=1S/C18H37N/c1-7-9-15-10-11-16(13-19-18(4,5)6)17(12-15)14(3)8-2/h14-17,19H,7-13H2,1-6H3. The van der Waals surface area contributed by atoms with E-state index in [-0.39, 0.29) is 5.54 Å². The van der Waals surface area contributed by atoms with Crippen LogP contribution >= 0.6 is 0 Å². The smallest absolute Gasteiger partial charge is 0.00966 e. The Kier molecular flexibility index (Phi) is 6.86. The molecule has 0 saturated heterocycles. The molecule has 0 radical (unpaired) electrons. The lowest BCUT2D eigenvalue weighted by Crippen LogP contribution is -2.43. The molecule has 0 bridgehead atoms. The second-order valence-corrected chi connectivity index (χ2v) is 7.91. The minimum Gasteiger partial charge on any atom is -0.312 e. The van der Waals surface area contributed by atoms with E-state index in [0.29, 0.717) is 0 Å². The molecule has 0 heterocycles. The van der Waals surface area contributed by atoms with Crippen LogP contribution in [0.4, 0.5) is 0 Å². The Hall–Kier alpha value is -0.0400. The monoisotopic (exact) mass is 267 g/mol. The predicted octanol–water partition coefficient (Wildman–Crippen LogP) is 5.25. The van der Waals surface area contributed by atoms with Crippen molar-refractivity contribution in [3.63, 3.8) is 0 Å². The van der Waals surface area contributed by atoms with Gasteiger partial charge in [0.15, 0.2) is 0 Å². The third-order valence-electron chi connectivity index (χ3n) is 5.12. The van der Waals surface area contributed by atoms with Crippen molar-refractivity contribution in [3.05, 3.63) is 0 Å². The molecule has 114 valence electrons. The molecule has 4 unspecified atom stereocenters. The molecule has 19 heavy (non-hydrogen) atoms. The first-order valence-corrected chi connectivity index (χ1v) is 8.62. The zero-order chi connectivity index (χ0) is 14.5. The van der Waals surface area contributed by atoms with E-state index in [4.69, 9.17) is 0 Å². The van der Waals surface area contributed by atoms with E-state index in [1.807, 2.05) is 0 Å². The van der Waals surface area contributed by atoms with Gasteiger partial charge in [0.05, 0.1) is 0 Å². The molecular formula is C18H37N. The molecule has 0 amide bonds. The molecule has 1 fully saturated rings. The minimum absolute atomic E-state index is 0.264. The second kappa shape index (κ2) is 7.67. The highest BCUT2D eigenvalue weighted by Crippen LogP contribution is 2.40. The van der Waals surface area contributed by atoms with Gasteiger partial charge in [-0.25, -0.2) is 0 Å². The van der Waals surface area contributed by atoms with E-state index in [1.165, 1.54) is 45.1 Å². The average molecular weight is 268 g/mol. The highest BCUT2D eigenvalue weighted by molar-refractivity contribution is 4.85. The van der Waals surface area contributed by atoms with Gasteiger partial charge in [-0.3, -0.25) is 0 Å². The molecule has 1 rings (SSSR count). The summed E-state index contributed by atoms with van der Waals surface area (Å²) < 4.78 is 0. The van der Waals surface area contributed by atoms with Gasteiger partial charge in [-0.1, -0.05) is 46.5 Å². The average Bonchev–Trinajstić information content (AvgIpc) is 2.35. The predicted molar refractivity (Wildman–Crippen MR) is 86.4 cm³/mol. The Balaban J connectivity index is 2.58. The summed E-state index contributed by atoms with van der Waals surface area (Å²) in [6.45, 7) is 15.3. The number of hydrogen-bond donors (Lipinski definition) is 1. The van der Waals surface area contributed by atoms with Gasteiger partial charge in [0, 0.05) is 5.54 Å². The summed E-state index contributed by atoms with van der Waals surface area (Å²) in [6, 6.07) is 0. The quantitative estimate of drug-likeness (QED) is 0.693. The largest absolute Gasteiger partial charge is 0.312 e. The molecule has 0 aliphatic heterocycles. The fourth-order valence-corrected chi connectivity index (χ4v) is 3.72. The van der Waals surface area contributed by atoms with Crippen LogP contribution in [-0.4, -0.2) is 12.1 Å². The lowest BCUT2D eigenvalue weighted by Gasteiger charge is -2.40. The zero-order valence-corrected chi connectivity index (χ0v) is 14.3. The number of nitrogens with one attached hydrogen (secondary N) is 1. The number of rotatable bonds is 6. The first kappa shape index (κ1) is 17.0. The Morgan fingerprint density at radius 1 is 1.16 bits per heavy atom. The van der Waals surface area contributed by atoms with Crippen LogP contribution in [-0.2, 0) is 0 Å². The van der Waals surface area contributed by atoms with E-state index >= 15 is 0 Å². The summed E-state index contributed by atoms with van der Waals surface area (Å²) in [7, 11) is 0. The van der Waals surface area contributed by atoms with Crippen molar-refractivity contribution in [3.8, 4) is 0 Å². The summed E-state index contributed by atoms with van der Waals surface area (Å²) in [6.07, 6.45) is 8.56. The molecular weight excluding hydrogens is 230 g/mol. The second-order valence-electron chi connectivity index (χ2n) is 7.91. The summed E-state index contributed by atoms with van der Waals surface area (Å²) in [4.78, 5) is 0. The summed E-state index contributed by atoms with van der Waals surface area (Å²) in [5, 5.41) is 3.75. The van der Waals surface area contributed by atoms with Crippen molar-refractivity contribution in [1.29, 1.82) is 0 Å². The van der Waals surface area contributed by atoms with E-state index in [0.717, 1.165) is 23.7 Å². The van der Waals surface area contributed by atoms with Crippen molar-refractivity contribution >= 4 is 0 Å². The molecule has 0 spiro atoms. The third-order valence-corrected chi connectivity index (χ3v) is 5.12. The molecule has 1 aliphatic rings. The Morgan fingerprint density at radius 2 is 1.84 bits per heavy atom. The Bertz CT molecular complexity index is 241. The van der Waals surface area contributed by atoms with Crippen LogP contribution in [0.1, 0.15) is 80.1 Å². The Labute approximate surface area is 121 Å². The van der Waals surface area contributed by atoms with Crippen LogP contribution in [0.25, 0.3) is 0 Å². The maximum absolute atomic E-state index is 3.75. The van der Waals surface area contributed by atoms with E-state index in [1.54, 1.807) is 0 Å². The fourth-order valence-electron chi connectivity index (χ4n) is 3.72. The number of hydrogen-bond acceptors (Lipinski definition) is 1. The minimum atomic E-state index is 0.264. The van der Waals surface area contributed by atoms with Gasteiger partial charge in [-0.05, 0) is 63.8 Å².